The van der Waals surface area contributed by atoms with Crippen molar-refractivity contribution in [1.82, 2.24) is 0 Å². The molecule has 0 fully saturated rings. The van der Waals surface area contributed by atoms with E-state index >= 15 is 0 Å². The van der Waals surface area contributed by atoms with Crippen LogP contribution in [0, 0.1) is 11.8 Å². The van der Waals surface area contributed by atoms with Crippen LogP contribution in [0.3, 0.4) is 0 Å². The van der Waals surface area contributed by atoms with Crippen molar-refractivity contribution in [2.75, 3.05) is 0 Å². The van der Waals surface area contributed by atoms with E-state index in [0.29, 0.717) is 11.8 Å². The minimum absolute atomic E-state index is 0.0736. The Balaban J connectivity index is 1.18. The van der Waals surface area contributed by atoms with Crippen LogP contribution in [0.25, 0.3) is 71.6 Å². The number of hydrogen-bond acceptors (Lipinski definition) is 0. The van der Waals surface area contributed by atoms with Crippen molar-refractivity contribution in [3.05, 3.63) is 198 Å². The van der Waals surface area contributed by atoms with Gasteiger partial charge in [-0.3, -0.25) is 0 Å². The van der Waals surface area contributed by atoms with E-state index in [1.807, 2.05) is 0 Å². The first-order valence-electron chi connectivity index (χ1n) is 19.5. The standard InChI is InChI=1S/C54H42/c1-53(2)47-19-11-9-15-39(47)41-26-24-37(31-49(41)53)51-43-17-7-8-18-44(43)52(38-25-27-42-40-16-10-12-20-48(40)54(3,4)50(42)32-38)46-30-36(23-28-45(46)51)35-22-21-33-13-5-6-14-34(33)29-35/h5-34H,1-4H3. The molecule has 2 atom stereocenters. The molecule has 7 aromatic rings. The van der Waals surface area contributed by atoms with Crippen LogP contribution in [0.2, 0.25) is 0 Å². The van der Waals surface area contributed by atoms with E-state index in [-0.39, 0.29) is 10.8 Å². The van der Waals surface area contributed by atoms with Gasteiger partial charge in [-0.05, 0) is 118 Å². The third kappa shape index (κ3) is 4.37. The fourth-order valence-electron chi connectivity index (χ4n) is 10.4. The first-order chi connectivity index (χ1) is 26.3. The lowest BCUT2D eigenvalue weighted by molar-refractivity contribution is 0.660. The van der Waals surface area contributed by atoms with Crippen molar-refractivity contribution in [2.45, 2.75) is 38.5 Å². The van der Waals surface area contributed by atoms with Gasteiger partial charge >= 0.3 is 0 Å². The Morgan fingerprint density at radius 1 is 0.389 bits per heavy atom. The Hall–Kier alpha value is -5.98. The van der Waals surface area contributed by atoms with Crippen LogP contribution in [0.4, 0.5) is 0 Å². The number of benzene rings is 7. The molecule has 4 aliphatic carbocycles. The maximum atomic E-state index is 2.50. The highest BCUT2D eigenvalue weighted by molar-refractivity contribution is 6.22. The number of allylic oxidation sites excluding steroid dienone is 8. The lowest BCUT2D eigenvalue weighted by Gasteiger charge is -2.25. The van der Waals surface area contributed by atoms with Gasteiger partial charge in [-0.1, -0.05) is 179 Å². The van der Waals surface area contributed by atoms with Gasteiger partial charge < -0.3 is 0 Å². The highest BCUT2D eigenvalue weighted by Crippen LogP contribution is 2.53. The zero-order valence-corrected chi connectivity index (χ0v) is 31.3. The summed E-state index contributed by atoms with van der Waals surface area (Å²) in [4.78, 5) is 0. The molecule has 0 N–H and O–H groups in total. The fourth-order valence-corrected chi connectivity index (χ4v) is 10.4. The van der Waals surface area contributed by atoms with Crippen LogP contribution >= 0.6 is 0 Å². The maximum absolute atomic E-state index is 2.50. The van der Waals surface area contributed by atoms with Gasteiger partial charge in [-0.15, -0.1) is 0 Å². The second kappa shape index (κ2) is 11.3. The molecule has 0 aliphatic heterocycles. The third-order valence-corrected chi connectivity index (χ3v) is 13.2. The van der Waals surface area contributed by atoms with Crippen molar-refractivity contribution in [3.63, 3.8) is 0 Å². The summed E-state index contributed by atoms with van der Waals surface area (Å²) in [5, 5.41) is 5.18. The summed E-state index contributed by atoms with van der Waals surface area (Å²) in [6, 6.07) is 48.8. The molecule has 4 aliphatic rings. The van der Waals surface area contributed by atoms with Crippen molar-refractivity contribution in [1.29, 1.82) is 0 Å². The van der Waals surface area contributed by atoms with Crippen LogP contribution in [-0.2, 0) is 10.8 Å². The summed E-state index contributed by atoms with van der Waals surface area (Å²) in [5.74, 6) is 0.816. The molecule has 0 heterocycles. The molecule has 11 rings (SSSR count). The van der Waals surface area contributed by atoms with E-state index in [4.69, 9.17) is 0 Å². The first-order valence-corrected chi connectivity index (χ1v) is 19.5. The zero-order valence-electron chi connectivity index (χ0n) is 31.3. The molecule has 0 aromatic heterocycles. The van der Waals surface area contributed by atoms with Gasteiger partial charge in [0.1, 0.15) is 0 Å². The Morgan fingerprint density at radius 2 is 0.870 bits per heavy atom. The Bertz CT molecular complexity index is 2880. The summed E-state index contributed by atoms with van der Waals surface area (Å²) >= 11 is 0. The number of fused-ring (bicyclic) bond motifs is 9. The molecule has 2 unspecified atom stereocenters. The Kier molecular flexibility index (Phi) is 6.58. The van der Waals surface area contributed by atoms with Crippen molar-refractivity contribution >= 4 is 27.1 Å². The van der Waals surface area contributed by atoms with Crippen molar-refractivity contribution < 1.29 is 0 Å². The van der Waals surface area contributed by atoms with Gasteiger partial charge in [0.2, 0.25) is 0 Å². The molecule has 0 heteroatoms. The van der Waals surface area contributed by atoms with E-state index in [1.165, 1.54) is 99.4 Å². The van der Waals surface area contributed by atoms with Gasteiger partial charge in [0, 0.05) is 22.7 Å². The van der Waals surface area contributed by atoms with E-state index in [0.717, 1.165) is 0 Å². The predicted molar refractivity (Wildman–Crippen MR) is 230 cm³/mol. The number of hydrogen-bond donors (Lipinski definition) is 0. The van der Waals surface area contributed by atoms with E-state index in [1.54, 1.807) is 0 Å². The Morgan fingerprint density at radius 3 is 1.48 bits per heavy atom. The second-order valence-electron chi connectivity index (χ2n) is 16.8. The van der Waals surface area contributed by atoms with E-state index in [2.05, 4.69) is 198 Å². The monoisotopic (exact) mass is 690 g/mol. The maximum Gasteiger partial charge on any atom is 0.0159 e. The average Bonchev–Trinajstić information content (AvgIpc) is 3.58. The molecule has 0 radical (unpaired) electrons. The van der Waals surface area contributed by atoms with Crippen LogP contribution < -0.4 is 0 Å². The second-order valence-corrected chi connectivity index (χ2v) is 16.8. The molecular formula is C54H42. The minimum Gasteiger partial charge on any atom is -0.0767 e. The summed E-state index contributed by atoms with van der Waals surface area (Å²) in [6.45, 7) is 9.54. The van der Waals surface area contributed by atoms with Gasteiger partial charge in [0.15, 0.2) is 0 Å². The Labute approximate surface area is 318 Å². The molecule has 0 spiro atoms. The minimum atomic E-state index is -0.0797. The SMILES string of the molecule is CC1(C)c2ccccc2-c2ccc(-c3c4ccccc4c(-c4ccc5c(c4)C(C)(C)c4ccccc4-5)c4cc(C5=CC6C=CC=CC6C=C5)ccc34)cc21. The topological polar surface area (TPSA) is 0 Å². The molecule has 0 amide bonds. The highest BCUT2D eigenvalue weighted by atomic mass is 14.4. The van der Waals surface area contributed by atoms with Crippen LogP contribution in [0.1, 0.15) is 55.5 Å². The van der Waals surface area contributed by atoms with E-state index < -0.39 is 0 Å². The summed E-state index contributed by atoms with van der Waals surface area (Å²) < 4.78 is 0. The van der Waals surface area contributed by atoms with Gasteiger partial charge in [-0.2, -0.15) is 0 Å². The molecule has 258 valence electrons. The van der Waals surface area contributed by atoms with E-state index in [9.17, 15) is 0 Å². The van der Waals surface area contributed by atoms with Crippen LogP contribution in [0.5, 0.6) is 0 Å². The summed E-state index contributed by atoms with van der Waals surface area (Å²) in [5.41, 5.74) is 18.6. The normalized spacial score (nSPS) is 19.3. The quantitative estimate of drug-likeness (QED) is 0.162. The molecule has 7 aromatic carbocycles. The third-order valence-electron chi connectivity index (χ3n) is 13.2. The molecule has 0 bridgehead atoms. The lowest BCUT2D eigenvalue weighted by Crippen LogP contribution is -2.15. The van der Waals surface area contributed by atoms with Crippen LogP contribution in [-0.4, -0.2) is 0 Å². The highest BCUT2D eigenvalue weighted by Gasteiger charge is 2.37. The molecule has 0 saturated heterocycles. The average molecular weight is 691 g/mol. The van der Waals surface area contributed by atoms with Gasteiger partial charge in [0.05, 0.1) is 0 Å². The smallest absolute Gasteiger partial charge is 0.0159 e. The molecule has 54 heavy (non-hydrogen) atoms. The van der Waals surface area contributed by atoms with Crippen LogP contribution in [0.15, 0.2) is 170 Å². The van der Waals surface area contributed by atoms with Gasteiger partial charge in [-0.25, -0.2) is 0 Å². The van der Waals surface area contributed by atoms with Crippen molar-refractivity contribution in [3.8, 4) is 44.5 Å². The molecular weight excluding hydrogens is 649 g/mol. The fraction of sp³-hybridized carbons (Fsp3) is 0.148. The molecule has 0 saturated carbocycles. The largest absolute Gasteiger partial charge is 0.0767 e. The molecule has 0 nitrogen and oxygen atoms in total. The summed E-state index contributed by atoms with van der Waals surface area (Å²) in [7, 11) is 0. The zero-order chi connectivity index (χ0) is 36.3. The summed E-state index contributed by atoms with van der Waals surface area (Å²) in [6.07, 6.45) is 16.2. The number of rotatable bonds is 3. The van der Waals surface area contributed by atoms with Crippen molar-refractivity contribution in [2.24, 2.45) is 11.8 Å². The lowest BCUT2D eigenvalue weighted by atomic mass is 9.78. The van der Waals surface area contributed by atoms with Gasteiger partial charge in [0.25, 0.3) is 0 Å². The predicted octanol–water partition coefficient (Wildman–Crippen LogP) is 14.3. The first kappa shape index (κ1) is 31.5.